The van der Waals surface area contributed by atoms with Crippen LogP contribution in [0.3, 0.4) is 0 Å². The molecule has 1 aliphatic heterocycles. The van der Waals surface area contributed by atoms with Crippen molar-refractivity contribution in [3.8, 4) is 0 Å². The summed E-state index contributed by atoms with van der Waals surface area (Å²) in [5.41, 5.74) is 10.4. The van der Waals surface area contributed by atoms with Gasteiger partial charge in [-0.25, -0.2) is 0 Å². The van der Waals surface area contributed by atoms with Crippen LogP contribution in [0.2, 0.25) is 10.0 Å². The van der Waals surface area contributed by atoms with Crippen LogP contribution in [0.25, 0.3) is 0 Å². The van der Waals surface area contributed by atoms with Crippen molar-refractivity contribution in [1.29, 1.82) is 0 Å². The van der Waals surface area contributed by atoms with Crippen molar-refractivity contribution in [3.05, 3.63) is 39.9 Å². The summed E-state index contributed by atoms with van der Waals surface area (Å²) in [6.07, 6.45) is 0. The molecule has 0 bridgehead atoms. The largest absolute Gasteiger partial charge is 0.397 e. The van der Waals surface area contributed by atoms with Gasteiger partial charge in [-0.15, -0.1) is 0 Å². The fraction of sp³-hybridized carbons (Fsp3) is 0.0769. The highest BCUT2D eigenvalue weighted by molar-refractivity contribution is 7.58. The van der Waals surface area contributed by atoms with E-state index in [2.05, 4.69) is 14.0 Å². The van der Waals surface area contributed by atoms with Crippen LogP contribution >= 0.6 is 23.2 Å². The van der Waals surface area contributed by atoms with Crippen molar-refractivity contribution < 1.29 is 0 Å². The minimum absolute atomic E-state index is 0.483. The van der Waals surface area contributed by atoms with Crippen molar-refractivity contribution in [2.75, 3.05) is 11.1 Å². The third kappa shape index (κ3) is 2.28. The molecule has 3 rings (SSSR count). The maximum absolute atomic E-state index is 6.26. The van der Waals surface area contributed by atoms with Gasteiger partial charge in [0.05, 0.1) is 38.5 Å². The third-order valence-corrected chi connectivity index (χ3v) is 4.03. The number of hydrogen-bond donors (Lipinski definition) is 2. The Balaban J connectivity index is 2.11. The molecule has 4 nitrogen and oxygen atoms in total. The van der Waals surface area contributed by atoms with Crippen LogP contribution in [0, 0.1) is 6.92 Å². The zero-order valence-electron chi connectivity index (χ0n) is 10.4. The molecule has 1 heterocycles. The summed E-state index contributed by atoms with van der Waals surface area (Å²) in [6.45, 7) is 1.99. The van der Waals surface area contributed by atoms with E-state index in [4.69, 9.17) is 28.9 Å². The number of nitrogens with two attached hydrogens (primary N) is 1. The van der Waals surface area contributed by atoms with E-state index in [1.54, 1.807) is 6.07 Å². The number of nitrogens with zero attached hydrogens (tertiary/aromatic N) is 2. The van der Waals surface area contributed by atoms with E-state index in [1.807, 2.05) is 25.1 Å². The maximum atomic E-state index is 6.26. The second kappa shape index (κ2) is 5.09. The van der Waals surface area contributed by atoms with E-state index < -0.39 is 0 Å². The monoisotopic (exact) mass is 324 g/mol. The Morgan fingerprint density at radius 1 is 1.10 bits per heavy atom. The molecular weight excluding hydrogens is 315 g/mol. The molecule has 0 unspecified atom stereocenters. The summed E-state index contributed by atoms with van der Waals surface area (Å²) in [4.78, 5) is 0. The van der Waals surface area contributed by atoms with Gasteiger partial charge in [-0.05, 0) is 30.7 Å². The van der Waals surface area contributed by atoms with Crippen molar-refractivity contribution >= 4 is 63.0 Å². The van der Waals surface area contributed by atoms with E-state index in [9.17, 15) is 0 Å². The predicted octanol–water partition coefficient (Wildman–Crippen LogP) is 5.35. The van der Waals surface area contributed by atoms with Gasteiger partial charge in [0.1, 0.15) is 11.4 Å². The van der Waals surface area contributed by atoms with E-state index in [1.165, 1.54) is 0 Å². The Morgan fingerprint density at radius 3 is 2.65 bits per heavy atom. The summed E-state index contributed by atoms with van der Waals surface area (Å²) in [7, 11) is 0. The predicted molar refractivity (Wildman–Crippen MR) is 86.9 cm³/mol. The van der Waals surface area contributed by atoms with Gasteiger partial charge in [0.2, 0.25) is 0 Å². The fourth-order valence-corrected chi connectivity index (χ4v) is 3.07. The van der Waals surface area contributed by atoms with Gasteiger partial charge in [-0.3, -0.25) is 0 Å². The molecule has 102 valence electrons. The van der Waals surface area contributed by atoms with Crippen LogP contribution in [0.4, 0.5) is 28.4 Å². The van der Waals surface area contributed by atoms with Gasteiger partial charge in [0.15, 0.2) is 0 Å². The highest BCUT2D eigenvalue weighted by Crippen LogP contribution is 2.48. The van der Waals surface area contributed by atoms with Gasteiger partial charge in [-0.1, -0.05) is 29.3 Å². The smallest absolute Gasteiger partial charge is 0.131 e. The minimum atomic E-state index is 0.483. The topological polar surface area (TPSA) is 62.8 Å². The number of rotatable bonds is 2. The molecule has 0 atom stereocenters. The molecule has 0 saturated heterocycles. The first-order valence-corrected chi connectivity index (χ1v) is 7.28. The Kier molecular flexibility index (Phi) is 3.41. The van der Waals surface area contributed by atoms with Crippen LogP contribution < -0.4 is 11.1 Å². The van der Waals surface area contributed by atoms with Crippen LogP contribution in [0.5, 0.6) is 0 Å². The van der Waals surface area contributed by atoms with E-state index >= 15 is 0 Å². The SMILES string of the molecule is Cc1ccc(N)c(Nc2c(Cl)cc(Cl)c3c2N=S=N3)c1. The third-order valence-electron chi connectivity index (χ3n) is 2.91. The first-order chi connectivity index (χ1) is 9.56. The number of fused-ring (bicyclic) bond motifs is 1. The molecule has 0 aliphatic carbocycles. The molecule has 0 radical (unpaired) electrons. The normalized spacial score (nSPS) is 12.2. The molecule has 0 fully saturated rings. The number of nitrogen functional groups attached to an aromatic ring is 1. The number of halogens is 2. The number of anilines is 3. The first-order valence-electron chi connectivity index (χ1n) is 5.79. The molecule has 3 N–H and O–H groups in total. The lowest BCUT2D eigenvalue weighted by molar-refractivity contribution is 1.44. The quantitative estimate of drug-likeness (QED) is 0.624. The Labute approximate surface area is 129 Å². The fourth-order valence-electron chi connectivity index (χ4n) is 1.91. The van der Waals surface area contributed by atoms with Gasteiger partial charge in [0.25, 0.3) is 0 Å². The Hall–Kier alpha value is -1.56. The molecule has 0 spiro atoms. The molecule has 0 aromatic heterocycles. The van der Waals surface area contributed by atoms with Crippen molar-refractivity contribution in [3.63, 3.8) is 0 Å². The van der Waals surface area contributed by atoms with E-state index in [0.29, 0.717) is 32.8 Å². The first kappa shape index (κ1) is 13.4. The molecule has 2 aromatic carbocycles. The molecule has 0 amide bonds. The summed E-state index contributed by atoms with van der Waals surface area (Å²) in [6, 6.07) is 7.40. The second-order valence-corrected chi connectivity index (χ2v) is 5.74. The average molecular weight is 325 g/mol. The molecule has 1 aliphatic rings. The minimum Gasteiger partial charge on any atom is -0.397 e. The van der Waals surface area contributed by atoms with E-state index in [0.717, 1.165) is 22.6 Å². The summed E-state index contributed by atoms with van der Waals surface area (Å²) in [5, 5.41) is 4.20. The highest BCUT2D eigenvalue weighted by atomic mass is 35.5. The highest BCUT2D eigenvalue weighted by Gasteiger charge is 2.19. The number of nitrogens with one attached hydrogen (secondary N) is 1. The lowest BCUT2D eigenvalue weighted by Gasteiger charge is -2.14. The van der Waals surface area contributed by atoms with E-state index in [-0.39, 0.29) is 0 Å². The van der Waals surface area contributed by atoms with Gasteiger partial charge < -0.3 is 11.1 Å². The Bertz CT molecular complexity index is 782. The van der Waals surface area contributed by atoms with Gasteiger partial charge in [0, 0.05) is 0 Å². The van der Waals surface area contributed by atoms with Crippen LogP contribution in [0.15, 0.2) is 33.0 Å². The zero-order valence-corrected chi connectivity index (χ0v) is 12.8. The number of hydrogen-bond acceptors (Lipinski definition) is 4. The number of aryl methyl sites for hydroxylation is 1. The standard InChI is InChI=1S/C13H10Cl2N4S/c1-6-2-3-9(16)10(4-6)17-11-7(14)5-8(15)12-13(11)19-20-18-12/h2-5,17H,16H2,1H3. The molecule has 2 aromatic rings. The average Bonchev–Trinajstić information content (AvgIpc) is 2.88. The van der Waals surface area contributed by atoms with Gasteiger partial charge in [-0.2, -0.15) is 8.73 Å². The van der Waals surface area contributed by atoms with Crippen molar-refractivity contribution in [2.45, 2.75) is 6.92 Å². The maximum Gasteiger partial charge on any atom is 0.131 e. The van der Waals surface area contributed by atoms with Gasteiger partial charge >= 0.3 is 0 Å². The lowest BCUT2D eigenvalue weighted by atomic mass is 10.1. The molecular formula is C13H10Cl2N4S. The van der Waals surface area contributed by atoms with Crippen LogP contribution in [-0.2, 0) is 11.4 Å². The zero-order chi connectivity index (χ0) is 14.3. The summed E-state index contributed by atoms with van der Waals surface area (Å²) in [5.74, 6) is 0. The summed E-state index contributed by atoms with van der Waals surface area (Å²) >= 11 is 13.5. The summed E-state index contributed by atoms with van der Waals surface area (Å²) < 4.78 is 8.42. The van der Waals surface area contributed by atoms with Crippen LogP contribution in [0.1, 0.15) is 5.56 Å². The molecule has 7 heteroatoms. The Morgan fingerprint density at radius 2 is 1.85 bits per heavy atom. The van der Waals surface area contributed by atoms with Crippen molar-refractivity contribution in [1.82, 2.24) is 0 Å². The molecule has 0 saturated carbocycles. The van der Waals surface area contributed by atoms with Crippen LogP contribution in [-0.4, -0.2) is 0 Å². The lowest BCUT2D eigenvalue weighted by Crippen LogP contribution is -1.97. The van der Waals surface area contributed by atoms with Crippen molar-refractivity contribution in [2.24, 2.45) is 8.73 Å². The second-order valence-electron chi connectivity index (χ2n) is 4.39. The molecule has 20 heavy (non-hydrogen) atoms. The number of benzene rings is 2.